The summed E-state index contributed by atoms with van der Waals surface area (Å²) in [5, 5.41) is 15.8. The van der Waals surface area contributed by atoms with E-state index in [0.717, 1.165) is 0 Å². The predicted octanol–water partition coefficient (Wildman–Crippen LogP) is -0.857. The fraction of sp³-hybridized carbons (Fsp3) is 0.500. The molecule has 0 unspecified atom stereocenters. The molecule has 0 fully saturated rings. The molecule has 0 bridgehead atoms. The summed E-state index contributed by atoms with van der Waals surface area (Å²) >= 11 is 0. The minimum absolute atomic E-state index is 0.0201. The number of aryl methyl sites for hydroxylation is 1. The highest BCUT2D eigenvalue weighted by molar-refractivity contribution is 5.66. The molecule has 1 heterocycles. The average Bonchev–Trinajstić information content (AvgIpc) is 2.50. The summed E-state index contributed by atoms with van der Waals surface area (Å²) in [6.45, 7) is 0.472. The van der Waals surface area contributed by atoms with Gasteiger partial charge in [-0.15, -0.1) is 5.10 Å². The highest BCUT2D eigenvalue weighted by atomic mass is 16.6. The van der Waals surface area contributed by atoms with E-state index in [1.165, 1.54) is 4.68 Å². The number of nitrogens with zero attached hydrogens (tertiary/aromatic N) is 3. The molecule has 1 aromatic rings. The minimum atomic E-state index is -0.868. The molecule has 0 aromatic carbocycles. The molecule has 72 valence electrons. The van der Waals surface area contributed by atoms with Gasteiger partial charge in [-0.25, -0.2) is 5.90 Å². The van der Waals surface area contributed by atoms with E-state index in [-0.39, 0.29) is 13.0 Å². The molecule has 0 aliphatic rings. The average molecular weight is 186 g/mol. The third kappa shape index (κ3) is 3.18. The van der Waals surface area contributed by atoms with Gasteiger partial charge in [0.1, 0.15) is 12.3 Å². The predicted molar refractivity (Wildman–Crippen MR) is 41.3 cm³/mol. The fourth-order valence-corrected chi connectivity index (χ4v) is 0.810. The number of carboxylic acid groups (broad SMARTS) is 1. The van der Waals surface area contributed by atoms with E-state index in [9.17, 15) is 4.79 Å². The zero-order valence-electron chi connectivity index (χ0n) is 6.88. The van der Waals surface area contributed by atoms with Crippen molar-refractivity contribution < 1.29 is 14.7 Å². The fourth-order valence-electron chi connectivity index (χ4n) is 0.810. The Morgan fingerprint density at radius 1 is 1.77 bits per heavy atom. The van der Waals surface area contributed by atoms with Gasteiger partial charge in [0, 0.05) is 0 Å². The monoisotopic (exact) mass is 186 g/mol. The number of carbonyl (C=O) groups is 1. The van der Waals surface area contributed by atoms with Crippen LogP contribution in [-0.2, 0) is 22.8 Å². The number of rotatable bonds is 5. The van der Waals surface area contributed by atoms with Crippen LogP contribution in [0.3, 0.4) is 0 Å². The molecule has 0 atom stereocenters. The zero-order chi connectivity index (χ0) is 9.68. The second-order valence-electron chi connectivity index (χ2n) is 2.43. The van der Waals surface area contributed by atoms with Crippen molar-refractivity contribution in [3.8, 4) is 0 Å². The van der Waals surface area contributed by atoms with Gasteiger partial charge in [-0.05, 0) is 0 Å². The molecule has 0 saturated carbocycles. The first-order chi connectivity index (χ1) is 6.22. The van der Waals surface area contributed by atoms with Gasteiger partial charge in [-0.3, -0.25) is 14.3 Å². The molecule has 0 aliphatic heterocycles. The molecule has 1 rings (SSSR count). The first kappa shape index (κ1) is 9.62. The molecule has 1 aromatic heterocycles. The lowest BCUT2D eigenvalue weighted by atomic mass is 10.4. The Balaban J connectivity index is 2.44. The molecular formula is C6H10N4O3. The summed E-state index contributed by atoms with van der Waals surface area (Å²) < 4.78 is 1.43. The van der Waals surface area contributed by atoms with Crippen LogP contribution in [0.2, 0.25) is 0 Å². The van der Waals surface area contributed by atoms with E-state index in [0.29, 0.717) is 12.2 Å². The Morgan fingerprint density at radius 2 is 2.54 bits per heavy atom. The van der Waals surface area contributed by atoms with Crippen molar-refractivity contribution in [3.05, 3.63) is 11.9 Å². The molecule has 7 heteroatoms. The highest BCUT2D eigenvalue weighted by Crippen LogP contribution is 1.95. The van der Waals surface area contributed by atoms with Crippen molar-refractivity contribution in [3.63, 3.8) is 0 Å². The normalized spacial score (nSPS) is 10.2. The SMILES string of the molecule is NOCc1cn(CCC(=O)O)nn1. The number of hydrogen-bond donors (Lipinski definition) is 2. The number of hydrogen-bond acceptors (Lipinski definition) is 5. The summed E-state index contributed by atoms with van der Waals surface area (Å²) in [6, 6.07) is 0. The van der Waals surface area contributed by atoms with Gasteiger partial charge in [0.05, 0.1) is 19.2 Å². The van der Waals surface area contributed by atoms with Gasteiger partial charge >= 0.3 is 5.97 Å². The summed E-state index contributed by atoms with van der Waals surface area (Å²) in [5.41, 5.74) is 0.577. The Kier molecular flexibility index (Phi) is 3.35. The number of carboxylic acids is 1. The summed E-state index contributed by atoms with van der Waals surface area (Å²) in [5.74, 6) is 3.95. The van der Waals surface area contributed by atoms with Gasteiger partial charge in [-0.1, -0.05) is 5.21 Å². The van der Waals surface area contributed by atoms with E-state index in [1.807, 2.05) is 0 Å². The maximum atomic E-state index is 10.2. The van der Waals surface area contributed by atoms with Crippen molar-refractivity contribution in [2.24, 2.45) is 5.90 Å². The van der Waals surface area contributed by atoms with Crippen LogP contribution in [0.4, 0.5) is 0 Å². The highest BCUT2D eigenvalue weighted by Gasteiger charge is 2.02. The molecule has 0 saturated heterocycles. The van der Waals surface area contributed by atoms with Crippen molar-refractivity contribution in [2.45, 2.75) is 19.6 Å². The number of aromatic nitrogens is 3. The lowest BCUT2D eigenvalue weighted by Crippen LogP contribution is -2.04. The van der Waals surface area contributed by atoms with Crippen molar-refractivity contribution in [1.29, 1.82) is 0 Å². The van der Waals surface area contributed by atoms with E-state index in [4.69, 9.17) is 11.0 Å². The molecule has 0 radical (unpaired) electrons. The Hall–Kier alpha value is -1.47. The second kappa shape index (κ2) is 4.53. The summed E-state index contributed by atoms with van der Waals surface area (Å²) in [6.07, 6.45) is 1.61. The Labute approximate surface area is 74.0 Å². The maximum absolute atomic E-state index is 10.2. The molecule has 13 heavy (non-hydrogen) atoms. The zero-order valence-corrected chi connectivity index (χ0v) is 6.88. The minimum Gasteiger partial charge on any atom is -0.481 e. The van der Waals surface area contributed by atoms with Crippen LogP contribution >= 0.6 is 0 Å². The Bertz CT molecular complexity index is 285. The third-order valence-electron chi connectivity index (χ3n) is 1.37. The van der Waals surface area contributed by atoms with E-state index in [2.05, 4.69) is 15.1 Å². The first-order valence-electron chi connectivity index (χ1n) is 3.65. The van der Waals surface area contributed by atoms with Crippen LogP contribution in [0.5, 0.6) is 0 Å². The third-order valence-corrected chi connectivity index (χ3v) is 1.37. The molecule has 0 amide bonds. The molecule has 7 nitrogen and oxygen atoms in total. The standard InChI is InChI=1S/C6H10N4O3/c7-13-4-5-3-10(9-8-5)2-1-6(11)12/h3H,1-2,4,7H2,(H,11,12). The molecule has 3 N–H and O–H groups in total. The van der Waals surface area contributed by atoms with Crippen LogP contribution in [0.15, 0.2) is 6.20 Å². The van der Waals surface area contributed by atoms with Gasteiger partial charge in [0.2, 0.25) is 0 Å². The first-order valence-corrected chi connectivity index (χ1v) is 3.65. The lowest BCUT2D eigenvalue weighted by molar-refractivity contribution is -0.137. The second-order valence-corrected chi connectivity index (χ2v) is 2.43. The largest absolute Gasteiger partial charge is 0.481 e. The van der Waals surface area contributed by atoms with Crippen LogP contribution in [0, 0.1) is 0 Å². The quantitative estimate of drug-likeness (QED) is 0.580. The molecule has 0 aliphatic carbocycles. The smallest absolute Gasteiger partial charge is 0.305 e. The molecular weight excluding hydrogens is 176 g/mol. The van der Waals surface area contributed by atoms with Crippen molar-refractivity contribution in [2.75, 3.05) is 0 Å². The van der Waals surface area contributed by atoms with E-state index in [1.54, 1.807) is 6.20 Å². The van der Waals surface area contributed by atoms with Gasteiger partial charge in [0.15, 0.2) is 0 Å². The lowest BCUT2D eigenvalue weighted by Gasteiger charge is -1.94. The van der Waals surface area contributed by atoms with Crippen LogP contribution in [0.1, 0.15) is 12.1 Å². The van der Waals surface area contributed by atoms with Crippen LogP contribution in [-0.4, -0.2) is 26.1 Å². The summed E-state index contributed by atoms with van der Waals surface area (Å²) in [4.78, 5) is 14.5. The van der Waals surface area contributed by atoms with Gasteiger partial charge < -0.3 is 5.11 Å². The van der Waals surface area contributed by atoms with E-state index < -0.39 is 5.97 Å². The van der Waals surface area contributed by atoms with Crippen molar-refractivity contribution in [1.82, 2.24) is 15.0 Å². The van der Waals surface area contributed by atoms with Gasteiger partial charge in [-0.2, -0.15) is 0 Å². The topological polar surface area (TPSA) is 103 Å². The molecule has 0 spiro atoms. The van der Waals surface area contributed by atoms with Crippen LogP contribution < -0.4 is 5.90 Å². The van der Waals surface area contributed by atoms with Gasteiger partial charge in [0.25, 0.3) is 0 Å². The van der Waals surface area contributed by atoms with Crippen LogP contribution in [0.25, 0.3) is 0 Å². The van der Waals surface area contributed by atoms with Crippen molar-refractivity contribution >= 4 is 5.97 Å². The maximum Gasteiger partial charge on any atom is 0.305 e. The Morgan fingerprint density at radius 3 is 3.15 bits per heavy atom. The summed E-state index contributed by atoms with van der Waals surface area (Å²) in [7, 11) is 0. The van der Waals surface area contributed by atoms with E-state index >= 15 is 0 Å². The number of aliphatic carboxylic acids is 1. The number of nitrogens with two attached hydrogens (primary N) is 1.